The van der Waals surface area contributed by atoms with Gasteiger partial charge in [0.15, 0.2) is 0 Å². The average Bonchev–Trinajstić information content (AvgIpc) is 2.87. The number of morpholine rings is 1. The van der Waals surface area contributed by atoms with E-state index in [0.29, 0.717) is 32.1 Å². The molecule has 116 valence electrons. The van der Waals surface area contributed by atoms with Crippen molar-refractivity contribution in [1.82, 2.24) is 14.8 Å². The Morgan fingerprint density at radius 3 is 2.68 bits per heavy atom. The normalized spacial score (nSPS) is 15.0. The van der Waals surface area contributed by atoms with Crippen molar-refractivity contribution in [3.8, 4) is 5.69 Å². The van der Waals surface area contributed by atoms with E-state index in [1.165, 1.54) is 17.1 Å². The highest BCUT2D eigenvalue weighted by atomic mass is 35.5. The first-order valence-electron chi connectivity index (χ1n) is 6.54. The molecule has 10 heteroatoms. The molecule has 0 saturated carbocycles. The van der Waals surface area contributed by atoms with E-state index in [9.17, 15) is 10.1 Å². The number of nitrogens with two attached hydrogens (primary N) is 1. The van der Waals surface area contributed by atoms with E-state index in [4.69, 9.17) is 22.1 Å². The Balaban J connectivity index is 2.08. The number of rotatable bonds is 3. The highest BCUT2D eigenvalue weighted by Gasteiger charge is 2.23. The Kier molecular flexibility index (Phi) is 3.82. The van der Waals surface area contributed by atoms with Crippen molar-refractivity contribution in [2.75, 3.05) is 36.9 Å². The lowest BCUT2D eigenvalue weighted by molar-refractivity contribution is -0.384. The first kappa shape index (κ1) is 14.5. The summed E-state index contributed by atoms with van der Waals surface area (Å²) in [7, 11) is 0. The largest absolute Gasteiger partial charge is 0.382 e. The van der Waals surface area contributed by atoms with Crippen molar-refractivity contribution in [1.29, 1.82) is 0 Å². The van der Waals surface area contributed by atoms with E-state index in [1.807, 2.05) is 4.90 Å². The van der Waals surface area contributed by atoms with Crippen LogP contribution in [0.2, 0.25) is 5.02 Å². The minimum atomic E-state index is -0.527. The Bertz CT molecular complexity index is 713. The van der Waals surface area contributed by atoms with Crippen LogP contribution in [0.4, 0.5) is 17.3 Å². The van der Waals surface area contributed by atoms with Gasteiger partial charge in [-0.1, -0.05) is 11.6 Å². The Hall–Kier alpha value is -2.39. The van der Waals surface area contributed by atoms with Gasteiger partial charge in [0.1, 0.15) is 28.5 Å². The summed E-state index contributed by atoms with van der Waals surface area (Å²) >= 11 is 5.88. The van der Waals surface area contributed by atoms with E-state index >= 15 is 0 Å². The van der Waals surface area contributed by atoms with Crippen LogP contribution in [-0.4, -0.2) is 46.0 Å². The first-order chi connectivity index (χ1) is 10.6. The summed E-state index contributed by atoms with van der Waals surface area (Å²) in [5.41, 5.74) is 5.86. The summed E-state index contributed by atoms with van der Waals surface area (Å²) in [5.74, 6) is 0.749. The molecule has 0 aromatic carbocycles. The highest BCUT2D eigenvalue weighted by molar-refractivity contribution is 6.32. The molecule has 0 unspecified atom stereocenters. The minimum absolute atomic E-state index is 0.142. The van der Waals surface area contributed by atoms with Gasteiger partial charge in [0.05, 0.1) is 24.3 Å². The smallest absolute Gasteiger partial charge is 0.313 e. The second-order valence-electron chi connectivity index (χ2n) is 4.68. The number of hydrogen-bond donors (Lipinski definition) is 1. The number of nitro groups is 1. The molecule has 3 rings (SSSR count). The van der Waals surface area contributed by atoms with Crippen LogP contribution in [0.1, 0.15) is 0 Å². The predicted molar refractivity (Wildman–Crippen MR) is 80.5 cm³/mol. The molecular formula is C12H13ClN6O3. The molecule has 1 aliphatic rings. The van der Waals surface area contributed by atoms with Crippen molar-refractivity contribution in [2.24, 2.45) is 0 Å². The fourth-order valence-corrected chi connectivity index (χ4v) is 2.36. The number of ether oxygens (including phenoxy) is 1. The van der Waals surface area contributed by atoms with Crippen LogP contribution in [0.5, 0.6) is 0 Å². The number of anilines is 2. The third-order valence-electron chi connectivity index (χ3n) is 3.37. The lowest BCUT2D eigenvalue weighted by atomic mass is 10.3. The summed E-state index contributed by atoms with van der Waals surface area (Å²) in [6, 6.07) is 1.59. The second kappa shape index (κ2) is 5.78. The van der Waals surface area contributed by atoms with Crippen LogP contribution >= 0.6 is 11.6 Å². The topological polar surface area (TPSA) is 112 Å². The Morgan fingerprint density at radius 2 is 2.09 bits per heavy atom. The summed E-state index contributed by atoms with van der Waals surface area (Å²) in [6.45, 7) is 2.51. The standard InChI is InChI=1S/C12H13ClN6O3/c13-8-6-16-18(12(8)14)9-5-11(15-7-10(9)19(20)21)17-1-3-22-4-2-17/h5-7H,1-4,14H2. The van der Waals surface area contributed by atoms with Crippen LogP contribution < -0.4 is 10.6 Å². The number of hydrogen-bond acceptors (Lipinski definition) is 7. The molecule has 0 amide bonds. The molecule has 0 aliphatic carbocycles. The van der Waals surface area contributed by atoms with E-state index in [0.717, 1.165) is 0 Å². The fourth-order valence-electron chi connectivity index (χ4n) is 2.23. The van der Waals surface area contributed by atoms with E-state index in [2.05, 4.69) is 10.1 Å². The maximum absolute atomic E-state index is 11.2. The molecule has 1 fully saturated rings. The van der Waals surface area contributed by atoms with Crippen LogP contribution in [0.15, 0.2) is 18.5 Å². The van der Waals surface area contributed by atoms with Gasteiger partial charge in [-0.15, -0.1) is 0 Å². The van der Waals surface area contributed by atoms with Crippen LogP contribution in [-0.2, 0) is 4.74 Å². The molecule has 22 heavy (non-hydrogen) atoms. The molecule has 1 aliphatic heterocycles. The maximum Gasteiger partial charge on any atom is 0.313 e. The number of nitrogen functional groups attached to an aromatic ring is 1. The Labute approximate surface area is 130 Å². The Morgan fingerprint density at radius 1 is 1.36 bits per heavy atom. The van der Waals surface area contributed by atoms with Crippen LogP contribution in [0, 0.1) is 10.1 Å². The van der Waals surface area contributed by atoms with Crippen LogP contribution in [0.3, 0.4) is 0 Å². The third kappa shape index (κ3) is 2.55. The summed E-state index contributed by atoms with van der Waals surface area (Å²) in [5, 5.41) is 15.5. The van der Waals surface area contributed by atoms with Crippen LogP contribution in [0.25, 0.3) is 5.69 Å². The molecule has 3 heterocycles. The lowest BCUT2D eigenvalue weighted by Crippen LogP contribution is -2.36. The van der Waals surface area contributed by atoms with Gasteiger partial charge in [0, 0.05) is 19.2 Å². The molecule has 2 aromatic rings. The molecule has 9 nitrogen and oxygen atoms in total. The van der Waals surface area contributed by atoms with Gasteiger partial charge in [-0.05, 0) is 0 Å². The molecule has 0 bridgehead atoms. The summed E-state index contributed by atoms with van der Waals surface area (Å²) in [4.78, 5) is 16.8. The van der Waals surface area contributed by atoms with E-state index in [1.54, 1.807) is 6.07 Å². The van der Waals surface area contributed by atoms with Gasteiger partial charge in [0.25, 0.3) is 0 Å². The van der Waals surface area contributed by atoms with E-state index in [-0.39, 0.29) is 22.2 Å². The third-order valence-corrected chi connectivity index (χ3v) is 3.66. The summed E-state index contributed by atoms with van der Waals surface area (Å²) < 4.78 is 6.53. The first-order valence-corrected chi connectivity index (χ1v) is 6.92. The van der Waals surface area contributed by atoms with Gasteiger partial charge < -0.3 is 15.4 Å². The average molecular weight is 325 g/mol. The van der Waals surface area contributed by atoms with E-state index < -0.39 is 4.92 Å². The molecule has 0 atom stereocenters. The number of pyridine rings is 1. The van der Waals surface area contributed by atoms with Gasteiger partial charge in [-0.25, -0.2) is 9.67 Å². The van der Waals surface area contributed by atoms with Crippen molar-refractivity contribution < 1.29 is 9.66 Å². The van der Waals surface area contributed by atoms with Gasteiger partial charge in [-0.3, -0.25) is 10.1 Å². The molecule has 0 spiro atoms. The number of aromatic nitrogens is 3. The molecule has 1 saturated heterocycles. The SMILES string of the molecule is Nc1c(Cl)cnn1-c1cc(N2CCOCC2)ncc1[N+](=O)[O-]. The zero-order valence-electron chi connectivity index (χ0n) is 11.5. The number of nitrogens with zero attached hydrogens (tertiary/aromatic N) is 5. The molecule has 2 aromatic heterocycles. The monoisotopic (exact) mass is 324 g/mol. The predicted octanol–water partition coefficient (Wildman–Crippen LogP) is 1.25. The zero-order valence-corrected chi connectivity index (χ0v) is 12.2. The maximum atomic E-state index is 11.2. The van der Waals surface area contributed by atoms with Crippen molar-refractivity contribution >= 4 is 28.9 Å². The fraction of sp³-hybridized carbons (Fsp3) is 0.333. The number of halogens is 1. The molecule has 2 N–H and O–H groups in total. The van der Waals surface area contributed by atoms with Gasteiger partial charge in [0.2, 0.25) is 0 Å². The highest BCUT2D eigenvalue weighted by Crippen LogP contribution is 2.30. The van der Waals surface area contributed by atoms with Gasteiger partial charge in [-0.2, -0.15) is 5.10 Å². The minimum Gasteiger partial charge on any atom is -0.382 e. The van der Waals surface area contributed by atoms with Crippen molar-refractivity contribution in [3.05, 3.63) is 33.6 Å². The molecular weight excluding hydrogens is 312 g/mol. The molecule has 0 radical (unpaired) electrons. The quantitative estimate of drug-likeness (QED) is 0.667. The summed E-state index contributed by atoms with van der Waals surface area (Å²) in [6.07, 6.45) is 2.55. The van der Waals surface area contributed by atoms with Gasteiger partial charge >= 0.3 is 5.69 Å². The van der Waals surface area contributed by atoms with Crippen molar-refractivity contribution in [2.45, 2.75) is 0 Å². The zero-order chi connectivity index (χ0) is 15.7. The van der Waals surface area contributed by atoms with Crippen molar-refractivity contribution in [3.63, 3.8) is 0 Å². The lowest BCUT2D eigenvalue weighted by Gasteiger charge is -2.27. The second-order valence-corrected chi connectivity index (χ2v) is 5.08.